The quantitative estimate of drug-likeness (QED) is 0.652. The fourth-order valence-electron chi connectivity index (χ4n) is 1.44. The second kappa shape index (κ2) is 8.65. The number of nitrogens with zero attached hydrogens (tertiary/aromatic N) is 1. The molecule has 1 aromatic heterocycles. The number of amides is 2. The van der Waals surface area contributed by atoms with Crippen molar-refractivity contribution in [3.05, 3.63) is 16.1 Å². The van der Waals surface area contributed by atoms with Gasteiger partial charge in [-0.25, -0.2) is 4.98 Å². The molecule has 0 aliphatic rings. The van der Waals surface area contributed by atoms with Crippen LogP contribution in [0.1, 0.15) is 35.8 Å². The molecule has 0 aliphatic carbocycles. The van der Waals surface area contributed by atoms with Crippen LogP contribution in [0.15, 0.2) is 5.38 Å². The molecule has 0 bridgehead atoms. The van der Waals surface area contributed by atoms with Crippen LogP contribution in [0.4, 0.5) is 0 Å². The molecule has 20 heavy (non-hydrogen) atoms. The zero-order valence-electron chi connectivity index (χ0n) is 11.9. The predicted molar refractivity (Wildman–Crippen MR) is 79.7 cm³/mol. The van der Waals surface area contributed by atoms with E-state index >= 15 is 0 Å². The summed E-state index contributed by atoms with van der Waals surface area (Å²) in [5.41, 5.74) is 5.82. The van der Waals surface area contributed by atoms with Gasteiger partial charge in [0.1, 0.15) is 5.69 Å². The number of carbonyl (C=O) groups is 2. The monoisotopic (exact) mass is 298 g/mol. The van der Waals surface area contributed by atoms with Gasteiger partial charge in [-0.1, -0.05) is 13.8 Å². The standard InChI is InChI=1S/C13H22N4O2S/c1-9(2)7-16-11(18)4-6-15-13(19)10-8-20-12(17-10)3-5-14/h8-9H,3-7,14H2,1-2H3,(H,15,19)(H,16,18). The summed E-state index contributed by atoms with van der Waals surface area (Å²) in [5, 5.41) is 8.05. The van der Waals surface area contributed by atoms with Gasteiger partial charge in [0.05, 0.1) is 5.01 Å². The fraction of sp³-hybridized carbons (Fsp3) is 0.615. The Bertz CT molecular complexity index is 445. The molecule has 0 radical (unpaired) electrons. The zero-order chi connectivity index (χ0) is 15.0. The molecule has 4 N–H and O–H groups in total. The average molecular weight is 298 g/mol. The van der Waals surface area contributed by atoms with Crippen LogP contribution in [0.3, 0.4) is 0 Å². The van der Waals surface area contributed by atoms with Crippen LogP contribution in [0.5, 0.6) is 0 Å². The SMILES string of the molecule is CC(C)CNC(=O)CCNC(=O)c1csc(CCN)n1. The van der Waals surface area contributed by atoms with Crippen LogP contribution in [0.25, 0.3) is 0 Å². The molecule has 0 unspecified atom stereocenters. The summed E-state index contributed by atoms with van der Waals surface area (Å²) in [7, 11) is 0. The number of thiazole rings is 1. The van der Waals surface area contributed by atoms with E-state index in [1.165, 1.54) is 11.3 Å². The van der Waals surface area contributed by atoms with Crippen LogP contribution >= 0.6 is 11.3 Å². The Morgan fingerprint density at radius 1 is 1.40 bits per heavy atom. The minimum Gasteiger partial charge on any atom is -0.356 e. The number of carbonyl (C=O) groups excluding carboxylic acids is 2. The van der Waals surface area contributed by atoms with E-state index in [2.05, 4.69) is 15.6 Å². The van der Waals surface area contributed by atoms with E-state index in [0.717, 1.165) is 5.01 Å². The number of hydrogen-bond acceptors (Lipinski definition) is 5. The predicted octanol–water partition coefficient (Wildman–Crippen LogP) is 0.536. The first-order chi connectivity index (χ1) is 9.52. The fourth-order valence-corrected chi connectivity index (χ4v) is 2.23. The van der Waals surface area contributed by atoms with Crippen molar-refractivity contribution < 1.29 is 9.59 Å². The van der Waals surface area contributed by atoms with Gasteiger partial charge in [-0.3, -0.25) is 9.59 Å². The molecule has 6 nitrogen and oxygen atoms in total. The molecule has 0 fully saturated rings. The van der Waals surface area contributed by atoms with E-state index in [9.17, 15) is 9.59 Å². The topological polar surface area (TPSA) is 97.1 Å². The minimum absolute atomic E-state index is 0.0545. The van der Waals surface area contributed by atoms with E-state index in [4.69, 9.17) is 5.73 Å². The summed E-state index contributed by atoms with van der Waals surface area (Å²) >= 11 is 1.42. The van der Waals surface area contributed by atoms with E-state index in [1.807, 2.05) is 13.8 Å². The smallest absolute Gasteiger partial charge is 0.270 e. The van der Waals surface area contributed by atoms with Crippen molar-refractivity contribution in [3.63, 3.8) is 0 Å². The molecular weight excluding hydrogens is 276 g/mol. The maximum atomic E-state index is 11.8. The largest absolute Gasteiger partial charge is 0.356 e. The van der Waals surface area contributed by atoms with Gasteiger partial charge in [-0.15, -0.1) is 11.3 Å². The molecule has 7 heteroatoms. The normalized spacial score (nSPS) is 10.6. The molecule has 1 rings (SSSR count). The molecule has 1 aromatic rings. The van der Waals surface area contributed by atoms with Crippen LogP contribution in [0.2, 0.25) is 0 Å². The molecule has 2 amide bonds. The lowest BCUT2D eigenvalue weighted by Gasteiger charge is -2.07. The maximum absolute atomic E-state index is 11.8. The van der Waals surface area contributed by atoms with E-state index in [-0.39, 0.29) is 18.2 Å². The Morgan fingerprint density at radius 2 is 2.15 bits per heavy atom. The lowest BCUT2D eigenvalue weighted by atomic mass is 10.2. The third-order valence-electron chi connectivity index (χ3n) is 2.49. The van der Waals surface area contributed by atoms with Crippen LogP contribution in [0, 0.1) is 5.92 Å². The maximum Gasteiger partial charge on any atom is 0.270 e. The van der Waals surface area contributed by atoms with Gasteiger partial charge >= 0.3 is 0 Å². The number of nitrogens with one attached hydrogen (secondary N) is 2. The van der Waals surface area contributed by atoms with Gasteiger partial charge < -0.3 is 16.4 Å². The summed E-state index contributed by atoms with van der Waals surface area (Å²) in [6.07, 6.45) is 0.952. The highest BCUT2D eigenvalue weighted by Crippen LogP contribution is 2.09. The van der Waals surface area contributed by atoms with Crippen molar-refractivity contribution in [2.24, 2.45) is 11.7 Å². The summed E-state index contributed by atoms with van der Waals surface area (Å²) in [6.45, 7) is 5.55. The summed E-state index contributed by atoms with van der Waals surface area (Å²) in [4.78, 5) is 27.4. The first-order valence-corrected chi connectivity index (χ1v) is 7.60. The van der Waals surface area contributed by atoms with Crippen molar-refractivity contribution in [1.29, 1.82) is 0 Å². The Labute approximate surface area is 123 Å². The Morgan fingerprint density at radius 3 is 2.80 bits per heavy atom. The van der Waals surface area contributed by atoms with Crippen molar-refractivity contribution in [2.45, 2.75) is 26.7 Å². The van der Waals surface area contributed by atoms with Crippen LogP contribution < -0.4 is 16.4 Å². The lowest BCUT2D eigenvalue weighted by molar-refractivity contribution is -0.121. The zero-order valence-corrected chi connectivity index (χ0v) is 12.8. The molecule has 0 atom stereocenters. The Kier molecular flexibility index (Phi) is 7.17. The van der Waals surface area contributed by atoms with Gasteiger partial charge in [0.25, 0.3) is 5.91 Å². The van der Waals surface area contributed by atoms with Gasteiger partial charge in [-0.2, -0.15) is 0 Å². The van der Waals surface area contributed by atoms with E-state index in [0.29, 0.717) is 37.7 Å². The molecular formula is C13H22N4O2S. The second-order valence-corrected chi connectivity index (χ2v) is 5.81. The van der Waals surface area contributed by atoms with Gasteiger partial charge in [0, 0.05) is 31.3 Å². The summed E-state index contributed by atoms with van der Waals surface area (Å²) < 4.78 is 0. The third kappa shape index (κ3) is 6.12. The molecule has 112 valence electrons. The van der Waals surface area contributed by atoms with E-state index in [1.54, 1.807) is 5.38 Å². The van der Waals surface area contributed by atoms with E-state index < -0.39 is 0 Å². The molecule has 0 spiro atoms. The highest BCUT2D eigenvalue weighted by atomic mass is 32.1. The Hall–Kier alpha value is -1.47. The lowest BCUT2D eigenvalue weighted by Crippen LogP contribution is -2.32. The van der Waals surface area contributed by atoms with Gasteiger partial charge in [0.2, 0.25) is 5.91 Å². The number of aromatic nitrogens is 1. The second-order valence-electron chi connectivity index (χ2n) is 4.87. The first kappa shape index (κ1) is 16.6. The number of nitrogens with two attached hydrogens (primary N) is 1. The molecule has 1 heterocycles. The Balaban J connectivity index is 2.27. The highest BCUT2D eigenvalue weighted by Gasteiger charge is 2.10. The van der Waals surface area contributed by atoms with Crippen molar-refractivity contribution in [3.8, 4) is 0 Å². The number of rotatable bonds is 8. The van der Waals surface area contributed by atoms with Crippen LogP contribution in [-0.4, -0.2) is 36.4 Å². The van der Waals surface area contributed by atoms with Crippen molar-refractivity contribution in [1.82, 2.24) is 15.6 Å². The number of hydrogen-bond donors (Lipinski definition) is 3. The third-order valence-corrected chi connectivity index (χ3v) is 3.40. The molecule has 0 aliphatic heterocycles. The first-order valence-electron chi connectivity index (χ1n) is 6.72. The average Bonchev–Trinajstić information content (AvgIpc) is 2.85. The molecule has 0 saturated heterocycles. The highest BCUT2D eigenvalue weighted by molar-refractivity contribution is 7.09. The molecule has 0 saturated carbocycles. The summed E-state index contributed by atoms with van der Waals surface area (Å²) in [6, 6.07) is 0. The van der Waals surface area contributed by atoms with Crippen molar-refractivity contribution in [2.75, 3.05) is 19.6 Å². The van der Waals surface area contributed by atoms with Crippen LogP contribution in [-0.2, 0) is 11.2 Å². The van der Waals surface area contributed by atoms with Gasteiger partial charge in [0.15, 0.2) is 0 Å². The van der Waals surface area contributed by atoms with Gasteiger partial charge in [-0.05, 0) is 12.5 Å². The summed E-state index contributed by atoms with van der Waals surface area (Å²) in [5.74, 6) is 0.117. The minimum atomic E-state index is -0.249. The van der Waals surface area contributed by atoms with Crippen molar-refractivity contribution >= 4 is 23.2 Å². The molecule has 0 aromatic carbocycles.